The maximum atomic E-state index is 12.4. The average Bonchev–Trinajstić information content (AvgIpc) is 2.54. The van der Waals surface area contributed by atoms with Gasteiger partial charge in [0.25, 0.3) is 5.91 Å². The molecule has 1 aliphatic rings. The molecule has 0 saturated carbocycles. The minimum Gasteiger partial charge on any atom is -0.339 e. The van der Waals surface area contributed by atoms with E-state index in [2.05, 4.69) is 0 Å². The van der Waals surface area contributed by atoms with E-state index in [0.29, 0.717) is 31.1 Å². The molecule has 0 atom stereocenters. The zero-order valence-corrected chi connectivity index (χ0v) is 14.7. The summed E-state index contributed by atoms with van der Waals surface area (Å²) in [6.07, 6.45) is 1.74. The molecule has 0 radical (unpaired) electrons. The number of alkyl halides is 2. The molecule has 5 nitrogen and oxygen atoms in total. The van der Waals surface area contributed by atoms with Crippen LogP contribution >= 0.6 is 12.4 Å². The largest absolute Gasteiger partial charge is 0.339 e. The van der Waals surface area contributed by atoms with Crippen LogP contribution in [-0.2, 0) is 15.6 Å². The number of hydrogen-bond donors (Lipinski definition) is 1. The molecule has 136 valence electrons. The highest BCUT2D eigenvalue weighted by Crippen LogP contribution is 2.19. The molecular weight excluding hydrogens is 362 g/mol. The Kier molecular flexibility index (Phi) is 7.56. The summed E-state index contributed by atoms with van der Waals surface area (Å²) in [6.45, 7) is 1.90. The number of hydrogen-bond acceptors (Lipinski definition) is 4. The second-order valence-corrected chi connectivity index (χ2v) is 7.71. The third-order valence-electron chi connectivity index (χ3n) is 4.08. The van der Waals surface area contributed by atoms with Crippen molar-refractivity contribution in [2.75, 3.05) is 19.6 Å². The zero-order valence-electron chi connectivity index (χ0n) is 13.0. The molecule has 0 unspecified atom stereocenters. The Morgan fingerprint density at radius 2 is 1.75 bits per heavy atom. The van der Waals surface area contributed by atoms with Crippen molar-refractivity contribution in [3.63, 3.8) is 0 Å². The Balaban J connectivity index is 0.00000288. The lowest BCUT2D eigenvalue weighted by Crippen LogP contribution is -2.40. The first kappa shape index (κ1) is 20.8. The summed E-state index contributed by atoms with van der Waals surface area (Å²) in [6, 6.07) is 5.76. The van der Waals surface area contributed by atoms with Gasteiger partial charge >= 0.3 is 5.76 Å². The molecule has 1 amide bonds. The maximum absolute atomic E-state index is 12.4. The van der Waals surface area contributed by atoms with Crippen molar-refractivity contribution in [2.45, 2.75) is 24.4 Å². The van der Waals surface area contributed by atoms with Crippen LogP contribution in [-0.4, -0.2) is 44.6 Å². The molecule has 1 fully saturated rings. The van der Waals surface area contributed by atoms with Gasteiger partial charge in [0.1, 0.15) is 0 Å². The molecule has 2 N–H and O–H groups in total. The Morgan fingerprint density at radius 1 is 1.21 bits per heavy atom. The summed E-state index contributed by atoms with van der Waals surface area (Å²) in [7, 11) is -4.45. The van der Waals surface area contributed by atoms with Crippen molar-refractivity contribution >= 4 is 28.2 Å². The normalized spacial score (nSPS) is 16.1. The molecule has 1 aliphatic heterocycles. The number of piperidine rings is 1. The lowest BCUT2D eigenvalue weighted by Gasteiger charge is -2.31. The first-order chi connectivity index (χ1) is 10.8. The smallest absolute Gasteiger partial charge is 0.337 e. The number of halogens is 3. The van der Waals surface area contributed by atoms with E-state index in [0.717, 1.165) is 12.8 Å². The number of carbonyl (C=O) groups is 1. The van der Waals surface area contributed by atoms with E-state index in [1.807, 2.05) is 0 Å². The summed E-state index contributed by atoms with van der Waals surface area (Å²) >= 11 is 0. The van der Waals surface area contributed by atoms with Crippen LogP contribution in [0.1, 0.15) is 28.8 Å². The van der Waals surface area contributed by atoms with Gasteiger partial charge in [-0.1, -0.05) is 12.1 Å². The van der Waals surface area contributed by atoms with E-state index in [-0.39, 0.29) is 23.9 Å². The first-order valence-electron chi connectivity index (χ1n) is 7.41. The molecule has 9 heteroatoms. The van der Waals surface area contributed by atoms with Gasteiger partial charge in [-0.25, -0.2) is 8.42 Å². The molecule has 1 aromatic rings. The number of amides is 1. The summed E-state index contributed by atoms with van der Waals surface area (Å²) < 4.78 is 47.1. The standard InChI is InChI=1S/C15H20F2N2O3S.ClH/c16-15(17)23(21,22)10-12-1-3-13(4-2-12)14(20)19-7-5-11(9-18)6-8-19;/h1-4,11,15H,5-10,18H2;1H. The van der Waals surface area contributed by atoms with Crippen LogP contribution in [0.2, 0.25) is 0 Å². The lowest BCUT2D eigenvalue weighted by atomic mass is 9.96. The summed E-state index contributed by atoms with van der Waals surface area (Å²) in [5.74, 6) is -3.82. The monoisotopic (exact) mass is 382 g/mol. The summed E-state index contributed by atoms with van der Waals surface area (Å²) in [5, 5.41) is 0. The Bertz CT molecular complexity index is 645. The van der Waals surface area contributed by atoms with Crippen molar-refractivity contribution in [3.05, 3.63) is 35.4 Å². The van der Waals surface area contributed by atoms with Crippen LogP contribution in [0, 0.1) is 5.92 Å². The Hall–Kier alpha value is -1.25. The average molecular weight is 383 g/mol. The van der Waals surface area contributed by atoms with E-state index in [1.165, 1.54) is 24.3 Å². The van der Waals surface area contributed by atoms with Crippen molar-refractivity contribution in [3.8, 4) is 0 Å². The van der Waals surface area contributed by atoms with Crippen LogP contribution in [0.3, 0.4) is 0 Å². The van der Waals surface area contributed by atoms with Crippen LogP contribution in [0.25, 0.3) is 0 Å². The number of nitrogens with zero attached hydrogens (tertiary/aromatic N) is 1. The first-order valence-corrected chi connectivity index (χ1v) is 9.13. The maximum Gasteiger partial charge on any atom is 0.337 e. The van der Waals surface area contributed by atoms with Gasteiger partial charge in [0.2, 0.25) is 9.84 Å². The minimum atomic E-state index is -4.45. The Morgan fingerprint density at radius 3 is 2.21 bits per heavy atom. The number of carbonyl (C=O) groups excluding carboxylic acids is 1. The van der Waals surface area contributed by atoms with E-state index >= 15 is 0 Å². The van der Waals surface area contributed by atoms with Crippen LogP contribution in [0.15, 0.2) is 24.3 Å². The van der Waals surface area contributed by atoms with Gasteiger partial charge in [0.05, 0.1) is 5.75 Å². The van der Waals surface area contributed by atoms with Crippen LogP contribution in [0.5, 0.6) is 0 Å². The molecule has 0 spiro atoms. The highest BCUT2D eigenvalue weighted by atomic mass is 35.5. The molecule has 1 heterocycles. The quantitative estimate of drug-likeness (QED) is 0.845. The predicted molar refractivity (Wildman–Crippen MR) is 90.0 cm³/mol. The van der Waals surface area contributed by atoms with Crippen molar-refractivity contribution < 1.29 is 22.0 Å². The van der Waals surface area contributed by atoms with E-state index in [9.17, 15) is 22.0 Å². The number of likely N-dealkylation sites (tertiary alicyclic amines) is 1. The second kappa shape index (κ2) is 8.73. The molecular formula is C15H21ClF2N2O3S. The van der Waals surface area contributed by atoms with Gasteiger partial charge in [-0.2, -0.15) is 8.78 Å². The second-order valence-electron chi connectivity index (χ2n) is 5.74. The Labute approximate surface area is 146 Å². The van der Waals surface area contributed by atoms with Crippen molar-refractivity contribution in [1.29, 1.82) is 0 Å². The molecule has 0 aliphatic carbocycles. The van der Waals surface area contributed by atoms with Gasteiger partial charge in [-0.05, 0) is 43.0 Å². The third-order valence-corrected chi connectivity index (χ3v) is 5.35. The van der Waals surface area contributed by atoms with Gasteiger partial charge in [0, 0.05) is 18.7 Å². The molecule has 0 bridgehead atoms. The number of rotatable bonds is 5. The zero-order chi connectivity index (χ0) is 17.0. The number of nitrogens with two attached hydrogens (primary N) is 1. The van der Waals surface area contributed by atoms with E-state index in [4.69, 9.17) is 5.73 Å². The van der Waals surface area contributed by atoms with E-state index < -0.39 is 21.3 Å². The summed E-state index contributed by atoms with van der Waals surface area (Å²) in [5.41, 5.74) is 6.28. The number of benzene rings is 1. The predicted octanol–water partition coefficient (Wildman–Crippen LogP) is 2.06. The highest BCUT2D eigenvalue weighted by molar-refractivity contribution is 7.90. The minimum absolute atomic E-state index is 0. The van der Waals surface area contributed by atoms with Crippen LogP contribution < -0.4 is 5.73 Å². The number of sulfone groups is 1. The fourth-order valence-electron chi connectivity index (χ4n) is 2.59. The topological polar surface area (TPSA) is 80.5 Å². The molecule has 1 aromatic carbocycles. The molecule has 2 rings (SSSR count). The van der Waals surface area contributed by atoms with E-state index in [1.54, 1.807) is 4.90 Å². The summed E-state index contributed by atoms with van der Waals surface area (Å²) in [4.78, 5) is 14.1. The van der Waals surface area contributed by atoms with Gasteiger partial charge < -0.3 is 10.6 Å². The third kappa shape index (κ3) is 5.12. The molecule has 24 heavy (non-hydrogen) atoms. The van der Waals surface area contributed by atoms with Crippen molar-refractivity contribution in [2.24, 2.45) is 11.7 Å². The van der Waals surface area contributed by atoms with Gasteiger partial charge in [0.15, 0.2) is 0 Å². The molecule has 1 saturated heterocycles. The van der Waals surface area contributed by atoms with Crippen molar-refractivity contribution in [1.82, 2.24) is 4.90 Å². The fraction of sp³-hybridized carbons (Fsp3) is 0.533. The van der Waals surface area contributed by atoms with Gasteiger partial charge in [-0.15, -0.1) is 12.4 Å². The van der Waals surface area contributed by atoms with Crippen LogP contribution in [0.4, 0.5) is 8.78 Å². The fourth-order valence-corrected chi connectivity index (χ4v) is 3.38. The SMILES string of the molecule is Cl.NCC1CCN(C(=O)c2ccc(CS(=O)(=O)C(F)F)cc2)CC1. The lowest BCUT2D eigenvalue weighted by molar-refractivity contribution is 0.0693. The van der Waals surface area contributed by atoms with Gasteiger partial charge in [-0.3, -0.25) is 4.79 Å². The molecule has 0 aromatic heterocycles. The highest BCUT2D eigenvalue weighted by Gasteiger charge is 2.25.